The molecule has 1 unspecified atom stereocenters. The molecule has 5 nitrogen and oxygen atoms in total. The van der Waals surface area contributed by atoms with E-state index < -0.39 is 5.97 Å². The summed E-state index contributed by atoms with van der Waals surface area (Å²) >= 11 is 0. The standard InChI is InChI=1S/C11H15N3O2/c15-11(16)7-4-5-10-9(6-7)12-13-14(10)8-2-1-3-8/h7-8H,1-6H2,(H,15,16). The minimum atomic E-state index is -0.705. The predicted octanol–water partition coefficient (Wildman–Crippen LogP) is 1.19. The molecule has 1 aromatic rings. The summed E-state index contributed by atoms with van der Waals surface area (Å²) in [5, 5.41) is 17.3. The summed E-state index contributed by atoms with van der Waals surface area (Å²) in [4.78, 5) is 10.9. The number of carboxylic acid groups (broad SMARTS) is 1. The van der Waals surface area contributed by atoms with Crippen molar-refractivity contribution in [2.24, 2.45) is 5.92 Å². The van der Waals surface area contributed by atoms with Gasteiger partial charge in [-0.25, -0.2) is 4.68 Å². The van der Waals surface area contributed by atoms with E-state index in [0.29, 0.717) is 12.5 Å². The molecule has 1 heterocycles. The summed E-state index contributed by atoms with van der Waals surface area (Å²) in [7, 11) is 0. The number of rotatable bonds is 2. The molecule has 0 saturated heterocycles. The van der Waals surface area contributed by atoms with Crippen LogP contribution in [0.15, 0.2) is 0 Å². The summed E-state index contributed by atoms with van der Waals surface area (Å²) in [6, 6.07) is 0.526. The van der Waals surface area contributed by atoms with Gasteiger partial charge in [0.05, 0.1) is 23.3 Å². The smallest absolute Gasteiger partial charge is 0.306 e. The van der Waals surface area contributed by atoms with E-state index in [1.165, 1.54) is 25.0 Å². The number of carboxylic acids is 1. The Balaban J connectivity index is 1.85. The molecular formula is C11H15N3O2. The van der Waals surface area contributed by atoms with Crippen LogP contribution >= 0.6 is 0 Å². The molecule has 1 atom stereocenters. The van der Waals surface area contributed by atoms with E-state index in [4.69, 9.17) is 5.11 Å². The van der Waals surface area contributed by atoms with Gasteiger partial charge >= 0.3 is 5.97 Å². The second-order valence-corrected chi connectivity index (χ2v) is 4.79. The Morgan fingerprint density at radius 3 is 2.81 bits per heavy atom. The molecule has 5 heteroatoms. The monoisotopic (exact) mass is 221 g/mol. The minimum Gasteiger partial charge on any atom is -0.481 e. The van der Waals surface area contributed by atoms with E-state index in [2.05, 4.69) is 10.3 Å². The zero-order valence-corrected chi connectivity index (χ0v) is 9.09. The first kappa shape index (κ1) is 9.81. The lowest BCUT2D eigenvalue weighted by atomic mass is 9.88. The molecule has 1 aromatic heterocycles. The molecule has 0 radical (unpaired) electrons. The second-order valence-electron chi connectivity index (χ2n) is 4.79. The van der Waals surface area contributed by atoms with Crippen molar-refractivity contribution in [3.05, 3.63) is 11.4 Å². The van der Waals surface area contributed by atoms with Crippen molar-refractivity contribution < 1.29 is 9.90 Å². The molecule has 1 N–H and O–H groups in total. The van der Waals surface area contributed by atoms with E-state index in [-0.39, 0.29) is 5.92 Å². The number of aliphatic carboxylic acids is 1. The highest BCUT2D eigenvalue weighted by Gasteiger charge is 2.31. The van der Waals surface area contributed by atoms with E-state index in [1.54, 1.807) is 0 Å². The second kappa shape index (κ2) is 3.57. The number of fused-ring (bicyclic) bond motifs is 1. The Morgan fingerprint density at radius 2 is 2.19 bits per heavy atom. The highest BCUT2D eigenvalue weighted by molar-refractivity contribution is 5.70. The van der Waals surface area contributed by atoms with Crippen LogP contribution in [-0.2, 0) is 17.6 Å². The van der Waals surface area contributed by atoms with Gasteiger partial charge in [-0.3, -0.25) is 4.79 Å². The molecule has 0 amide bonds. The van der Waals surface area contributed by atoms with Gasteiger partial charge in [-0.2, -0.15) is 0 Å². The fourth-order valence-electron chi connectivity index (χ4n) is 2.55. The average Bonchev–Trinajstić information content (AvgIpc) is 2.59. The quantitative estimate of drug-likeness (QED) is 0.814. The van der Waals surface area contributed by atoms with Crippen LogP contribution in [0, 0.1) is 5.92 Å². The highest BCUT2D eigenvalue weighted by Crippen LogP contribution is 2.34. The van der Waals surface area contributed by atoms with Crippen LogP contribution in [0.4, 0.5) is 0 Å². The molecule has 0 bridgehead atoms. The van der Waals surface area contributed by atoms with Gasteiger partial charge in [0.2, 0.25) is 0 Å². The molecule has 86 valence electrons. The molecule has 1 fully saturated rings. The fraction of sp³-hybridized carbons (Fsp3) is 0.727. The first-order valence-electron chi connectivity index (χ1n) is 5.91. The van der Waals surface area contributed by atoms with E-state index in [9.17, 15) is 4.79 Å². The third-order valence-corrected chi connectivity index (χ3v) is 3.81. The Kier molecular flexibility index (Phi) is 2.19. The summed E-state index contributed by atoms with van der Waals surface area (Å²) < 4.78 is 2.04. The summed E-state index contributed by atoms with van der Waals surface area (Å²) in [6.07, 6.45) is 5.75. The molecular weight excluding hydrogens is 206 g/mol. The molecule has 0 spiro atoms. The number of carbonyl (C=O) groups is 1. The van der Waals surface area contributed by atoms with Crippen molar-refractivity contribution in [1.82, 2.24) is 15.0 Å². The third kappa shape index (κ3) is 1.42. The molecule has 3 rings (SSSR count). The van der Waals surface area contributed by atoms with Gasteiger partial charge in [0.25, 0.3) is 0 Å². The highest BCUT2D eigenvalue weighted by atomic mass is 16.4. The van der Waals surface area contributed by atoms with Gasteiger partial charge in [0.1, 0.15) is 0 Å². The van der Waals surface area contributed by atoms with E-state index >= 15 is 0 Å². The summed E-state index contributed by atoms with van der Waals surface area (Å²) in [6.45, 7) is 0. The fourth-order valence-corrected chi connectivity index (χ4v) is 2.55. The number of hydrogen-bond donors (Lipinski definition) is 1. The van der Waals surface area contributed by atoms with Gasteiger partial charge in [-0.15, -0.1) is 5.10 Å². The van der Waals surface area contributed by atoms with Crippen molar-refractivity contribution in [3.8, 4) is 0 Å². The largest absolute Gasteiger partial charge is 0.481 e. The topological polar surface area (TPSA) is 68.0 Å². The average molecular weight is 221 g/mol. The van der Waals surface area contributed by atoms with Crippen molar-refractivity contribution in [3.63, 3.8) is 0 Å². The zero-order valence-electron chi connectivity index (χ0n) is 9.09. The van der Waals surface area contributed by atoms with Gasteiger partial charge in [-0.1, -0.05) is 5.21 Å². The first-order chi connectivity index (χ1) is 7.75. The first-order valence-corrected chi connectivity index (χ1v) is 5.91. The maximum absolute atomic E-state index is 10.9. The van der Waals surface area contributed by atoms with Crippen LogP contribution in [0.3, 0.4) is 0 Å². The summed E-state index contributed by atoms with van der Waals surface area (Å²) in [5.41, 5.74) is 2.09. The minimum absolute atomic E-state index is 0.265. The lowest BCUT2D eigenvalue weighted by Crippen LogP contribution is -2.26. The van der Waals surface area contributed by atoms with Gasteiger partial charge in [-0.05, 0) is 32.1 Å². The number of nitrogens with zero attached hydrogens (tertiary/aromatic N) is 3. The predicted molar refractivity (Wildman–Crippen MR) is 56.1 cm³/mol. The molecule has 0 aromatic carbocycles. The number of aromatic nitrogens is 3. The maximum Gasteiger partial charge on any atom is 0.306 e. The van der Waals surface area contributed by atoms with Crippen molar-refractivity contribution in [2.75, 3.05) is 0 Å². The zero-order chi connectivity index (χ0) is 11.1. The molecule has 2 aliphatic carbocycles. The van der Waals surface area contributed by atoms with Crippen LogP contribution < -0.4 is 0 Å². The Bertz CT molecular complexity index is 423. The van der Waals surface area contributed by atoms with Crippen molar-refractivity contribution in [1.29, 1.82) is 0 Å². The third-order valence-electron chi connectivity index (χ3n) is 3.81. The Labute approximate surface area is 93.5 Å². The van der Waals surface area contributed by atoms with Crippen molar-refractivity contribution in [2.45, 2.75) is 44.6 Å². The van der Waals surface area contributed by atoms with Crippen LogP contribution in [0.2, 0.25) is 0 Å². The van der Waals surface area contributed by atoms with Crippen LogP contribution in [0.1, 0.15) is 43.1 Å². The maximum atomic E-state index is 10.9. The van der Waals surface area contributed by atoms with Gasteiger partial charge in [0.15, 0.2) is 0 Å². The summed E-state index contributed by atoms with van der Waals surface area (Å²) in [5.74, 6) is -0.970. The molecule has 16 heavy (non-hydrogen) atoms. The molecule has 0 aliphatic heterocycles. The normalized spacial score (nSPS) is 24.9. The SMILES string of the molecule is O=C(O)C1CCc2c(nnn2C2CCC2)C1. The van der Waals surface area contributed by atoms with Crippen LogP contribution in [0.25, 0.3) is 0 Å². The lowest BCUT2D eigenvalue weighted by molar-refractivity contribution is -0.142. The number of hydrogen-bond acceptors (Lipinski definition) is 3. The van der Waals surface area contributed by atoms with Gasteiger partial charge in [0, 0.05) is 6.42 Å². The van der Waals surface area contributed by atoms with Crippen molar-refractivity contribution >= 4 is 5.97 Å². The van der Waals surface area contributed by atoms with Gasteiger partial charge < -0.3 is 5.11 Å². The van der Waals surface area contributed by atoms with E-state index in [1.807, 2.05) is 4.68 Å². The molecule has 1 saturated carbocycles. The molecule has 2 aliphatic rings. The lowest BCUT2D eigenvalue weighted by Gasteiger charge is -2.28. The van der Waals surface area contributed by atoms with E-state index in [0.717, 1.165) is 18.5 Å². The van der Waals surface area contributed by atoms with Crippen LogP contribution in [0.5, 0.6) is 0 Å². The Hall–Kier alpha value is -1.39. The Morgan fingerprint density at radius 1 is 1.38 bits per heavy atom. The van der Waals surface area contributed by atoms with Crippen LogP contribution in [-0.4, -0.2) is 26.1 Å².